The van der Waals surface area contributed by atoms with Crippen molar-refractivity contribution in [2.24, 2.45) is 0 Å². The fourth-order valence-corrected chi connectivity index (χ4v) is 4.55. The third-order valence-corrected chi connectivity index (χ3v) is 6.00. The summed E-state index contributed by atoms with van der Waals surface area (Å²) < 4.78 is 36.5. The molecule has 0 aliphatic heterocycles. The normalized spacial score (nSPS) is 13.7. The summed E-state index contributed by atoms with van der Waals surface area (Å²) in [4.78, 5) is 0.226. The molecular formula is C21H30O5S. The number of furan rings is 1. The molecule has 0 unspecified atom stereocenters. The zero-order valence-electron chi connectivity index (χ0n) is 16.9. The lowest BCUT2D eigenvalue weighted by Gasteiger charge is -2.22. The van der Waals surface area contributed by atoms with Crippen molar-refractivity contribution in [3.8, 4) is 0 Å². The molecule has 0 aliphatic rings. The van der Waals surface area contributed by atoms with Crippen LogP contribution in [0.3, 0.4) is 0 Å². The molecule has 2 rings (SSSR count). The van der Waals surface area contributed by atoms with Gasteiger partial charge in [0.15, 0.2) is 0 Å². The summed E-state index contributed by atoms with van der Waals surface area (Å²) in [5.74, 6) is 0.598. The van der Waals surface area contributed by atoms with Crippen molar-refractivity contribution in [1.82, 2.24) is 0 Å². The highest BCUT2D eigenvalue weighted by Crippen LogP contribution is 2.36. The third-order valence-electron chi connectivity index (χ3n) is 4.58. The SMILES string of the molecule is CC(C)c1cc(C(C)C)c(S(=O)(=O)OC[C@@H](O)c2ccco2)c(C(C)C)c1. The Kier molecular flexibility index (Phi) is 6.89. The van der Waals surface area contributed by atoms with Crippen LogP contribution in [0.1, 0.15) is 87.9 Å². The molecule has 150 valence electrons. The van der Waals surface area contributed by atoms with Gasteiger partial charge in [-0.05, 0) is 46.6 Å². The third kappa shape index (κ3) is 5.00. The molecule has 0 amide bonds. The molecule has 1 atom stereocenters. The molecule has 0 radical (unpaired) electrons. The second-order valence-electron chi connectivity index (χ2n) is 7.76. The van der Waals surface area contributed by atoms with Gasteiger partial charge in [0.2, 0.25) is 0 Å². The predicted octanol–water partition coefficient (Wildman–Crippen LogP) is 5.09. The van der Waals surface area contributed by atoms with E-state index in [4.69, 9.17) is 8.60 Å². The van der Waals surface area contributed by atoms with Crippen molar-refractivity contribution in [2.45, 2.75) is 70.3 Å². The maximum absolute atomic E-state index is 13.1. The Labute approximate surface area is 162 Å². The van der Waals surface area contributed by atoms with E-state index in [0.29, 0.717) is 5.92 Å². The molecule has 5 nitrogen and oxygen atoms in total. The largest absolute Gasteiger partial charge is 0.466 e. The molecule has 1 heterocycles. The van der Waals surface area contributed by atoms with Crippen molar-refractivity contribution in [2.75, 3.05) is 6.61 Å². The second-order valence-corrected chi connectivity index (χ2v) is 9.31. The van der Waals surface area contributed by atoms with E-state index in [1.807, 2.05) is 39.8 Å². The topological polar surface area (TPSA) is 76.7 Å². The van der Waals surface area contributed by atoms with E-state index in [-0.39, 0.29) is 22.5 Å². The maximum atomic E-state index is 13.1. The van der Waals surface area contributed by atoms with Gasteiger partial charge in [0.05, 0.1) is 12.9 Å². The van der Waals surface area contributed by atoms with E-state index < -0.39 is 22.8 Å². The predicted molar refractivity (Wildman–Crippen MR) is 106 cm³/mol. The van der Waals surface area contributed by atoms with E-state index in [9.17, 15) is 13.5 Å². The fourth-order valence-electron chi connectivity index (χ4n) is 2.95. The average molecular weight is 395 g/mol. The van der Waals surface area contributed by atoms with E-state index >= 15 is 0 Å². The standard InChI is InChI=1S/C21H30O5S/c1-13(2)16-10-17(14(3)4)21(18(11-16)15(5)6)27(23,24)26-12-19(22)20-8-7-9-25-20/h7-11,13-15,19,22H,12H2,1-6H3/t19-/m1/s1. The van der Waals surface area contributed by atoms with Gasteiger partial charge in [0.25, 0.3) is 10.1 Å². The van der Waals surface area contributed by atoms with Crippen molar-refractivity contribution < 1.29 is 22.1 Å². The Balaban J connectivity index is 2.47. The lowest BCUT2D eigenvalue weighted by atomic mass is 9.89. The molecule has 0 aliphatic carbocycles. The molecule has 0 fully saturated rings. The molecule has 6 heteroatoms. The Hall–Kier alpha value is -1.63. The summed E-state index contributed by atoms with van der Waals surface area (Å²) in [6, 6.07) is 7.13. The Morgan fingerprint density at radius 2 is 1.56 bits per heavy atom. The number of benzene rings is 1. The van der Waals surface area contributed by atoms with Crippen LogP contribution in [-0.4, -0.2) is 20.1 Å². The molecular weight excluding hydrogens is 364 g/mol. The van der Waals surface area contributed by atoms with Gasteiger partial charge < -0.3 is 9.52 Å². The first kappa shape index (κ1) is 21.7. The zero-order chi connectivity index (χ0) is 20.4. The highest BCUT2D eigenvalue weighted by Gasteiger charge is 2.29. The minimum absolute atomic E-state index is 0.0181. The van der Waals surface area contributed by atoms with E-state index in [1.165, 1.54) is 6.26 Å². The monoisotopic (exact) mass is 394 g/mol. The summed E-state index contributed by atoms with van der Waals surface area (Å²) in [6.45, 7) is 11.7. The van der Waals surface area contributed by atoms with Gasteiger partial charge in [-0.1, -0.05) is 53.7 Å². The van der Waals surface area contributed by atoms with Crippen molar-refractivity contribution >= 4 is 10.1 Å². The summed E-state index contributed by atoms with van der Waals surface area (Å²) >= 11 is 0. The van der Waals surface area contributed by atoms with Gasteiger partial charge in [-0.3, -0.25) is 4.18 Å². The minimum Gasteiger partial charge on any atom is -0.466 e. The molecule has 0 bridgehead atoms. The molecule has 27 heavy (non-hydrogen) atoms. The van der Waals surface area contributed by atoms with Crippen LogP contribution < -0.4 is 0 Å². The van der Waals surface area contributed by atoms with Gasteiger partial charge in [-0.2, -0.15) is 8.42 Å². The lowest BCUT2D eigenvalue weighted by molar-refractivity contribution is 0.0916. The van der Waals surface area contributed by atoms with Gasteiger partial charge in [0, 0.05) is 0 Å². The molecule has 0 spiro atoms. The summed E-state index contributed by atoms with van der Waals surface area (Å²) in [7, 11) is -4.04. The van der Waals surface area contributed by atoms with Gasteiger partial charge in [-0.15, -0.1) is 0 Å². The number of aliphatic hydroxyl groups is 1. The minimum atomic E-state index is -4.04. The zero-order valence-corrected chi connectivity index (χ0v) is 17.7. The maximum Gasteiger partial charge on any atom is 0.297 e. The number of hydrogen-bond acceptors (Lipinski definition) is 5. The van der Waals surface area contributed by atoms with Gasteiger partial charge in [-0.25, -0.2) is 0 Å². The number of hydrogen-bond donors (Lipinski definition) is 1. The first-order chi connectivity index (χ1) is 12.5. The first-order valence-corrected chi connectivity index (χ1v) is 10.7. The molecule has 2 aromatic rings. The molecule has 1 N–H and O–H groups in total. The second kappa shape index (κ2) is 8.59. The highest BCUT2D eigenvalue weighted by molar-refractivity contribution is 7.86. The molecule has 1 aromatic carbocycles. The van der Waals surface area contributed by atoms with Crippen LogP contribution in [0, 0.1) is 0 Å². The van der Waals surface area contributed by atoms with Gasteiger partial charge >= 0.3 is 0 Å². The summed E-state index contributed by atoms with van der Waals surface area (Å²) in [5, 5.41) is 10.1. The Morgan fingerprint density at radius 3 is 1.96 bits per heavy atom. The molecule has 1 aromatic heterocycles. The number of rotatable bonds is 8. The van der Waals surface area contributed by atoms with Crippen LogP contribution >= 0.6 is 0 Å². The van der Waals surface area contributed by atoms with Crippen LogP contribution in [-0.2, 0) is 14.3 Å². The van der Waals surface area contributed by atoms with Gasteiger partial charge in [0.1, 0.15) is 16.8 Å². The van der Waals surface area contributed by atoms with Crippen molar-refractivity contribution in [3.63, 3.8) is 0 Å². The van der Waals surface area contributed by atoms with Crippen LogP contribution in [0.2, 0.25) is 0 Å². The van der Waals surface area contributed by atoms with E-state index in [0.717, 1.165) is 16.7 Å². The van der Waals surface area contributed by atoms with Crippen LogP contribution in [0.4, 0.5) is 0 Å². The lowest BCUT2D eigenvalue weighted by Crippen LogP contribution is -2.18. The molecule has 0 saturated heterocycles. The van der Waals surface area contributed by atoms with Crippen molar-refractivity contribution in [3.05, 3.63) is 53.0 Å². The highest BCUT2D eigenvalue weighted by atomic mass is 32.2. The van der Waals surface area contributed by atoms with Crippen LogP contribution in [0.5, 0.6) is 0 Å². The van der Waals surface area contributed by atoms with Crippen molar-refractivity contribution in [1.29, 1.82) is 0 Å². The Bertz CT molecular complexity index is 820. The van der Waals surface area contributed by atoms with Crippen LogP contribution in [0.25, 0.3) is 0 Å². The summed E-state index contributed by atoms with van der Waals surface area (Å²) in [5.41, 5.74) is 2.60. The van der Waals surface area contributed by atoms with Crippen LogP contribution in [0.15, 0.2) is 39.8 Å². The smallest absolute Gasteiger partial charge is 0.297 e. The number of aliphatic hydroxyl groups excluding tert-OH is 1. The molecule has 0 saturated carbocycles. The average Bonchev–Trinajstić information content (AvgIpc) is 3.13. The summed E-state index contributed by atoms with van der Waals surface area (Å²) in [6.07, 6.45) is 0.278. The first-order valence-electron chi connectivity index (χ1n) is 9.33. The van der Waals surface area contributed by atoms with E-state index in [2.05, 4.69) is 13.8 Å². The quantitative estimate of drug-likeness (QED) is 0.631. The van der Waals surface area contributed by atoms with E-state index in [1.54, 1.807) is 12.1 Å². The fraction of sp³-hybridized carbons (Fsp3) is 0.524. The Morgan fingerprint density at radius 1 is 1.00 bits per heavy atom.